The summed E-state index contributed by atoms with van der Waals surface area (Å²) in [7, 11) is 0. The Morgan fingerprint density at radius 3 is 2.48 bits per heavy atom. The maximum absolute atomic E-state index is 12.0. The van der Waals surface area contributed by atoms with E-state index in [-0.39, 0.29) is 0 Å². The van der Waals surface area contributed by atoms with E-state index in [0.29, 0.717) is 5.56 Å². The van der Waals surface area contributed by atoms with Crippen molar-refractivity contribution in [2.24, 2.45) is 5.16 Å². The molecule has 0 saturated heterocycles. The summed E-state index contributed by atoms with van der Waals surface area (Å²) in [6.07, 6.45) is 4.11. The highest BCUT2D eigenvalue weighted by atomic mass is 16.7. The minimum Gasteiger partial charge on any atom is -0.313 e. The Bertz CT molecular complexity index is 662. The molecular weight excluding hydrogens is 262 g/mol. The number of fused-ring (bicyclic) bond motifs is 1. The third kappa shape index (κ3) is 3.19. The molecule has 0 aliphatic heterocycles. The number of oxime groups is 1. The quantitative estimate of drug-likeness (QED) is 0.474. The highest BCUT2D eigenvalue weighted by Crippen LogP contribution is 2.21. The molecule has 0 spiro atoms. The summed E-state index contributed by atoms with van der Waals surface area (Å²) >= 11 is 0. The standard InChI is InChI=1S/C18H17NO2/c20-18(15-10-2-1-3-11-15)21-19-17-13-7-5-9-14-8-4-6-12-16(14)17/h1-4,6,8,10-12H,5,7,9,13H2/b19-17+. The van der Waals surface area contributed by atoms with Crippen LogP contribution in [0.15, 0.2) is 59.8 Å². The van der Waals surface area contributed by atoms with E-state index >= 15 is 0 Å². The van der Waals surface area contributed by atoms with E-state index in [2.05, 4.69) is 17.3 Å². The van der Waals surface area contributed by atoms with Gasteiger partial charge in [0.05, 0.1) is 11.3 Å². The number of carbonyl (C=O) groups excluding carboxylic acids is 1. The van der Waals surface area contributed by atoms with Crippen LogP contribution in [0.4, 0.5) is 0 Å². The molecule has 0 radical (unpaired) electrons. The Labute approximate surface area is 124 Å². The number of carbonyl (C=O) groups is 1. The van der Waals surface area contributed by atoms with Gasteiger partial charge in [-0.15, -0.1) is 0 Å². The van der Waals surface area contributed by atoms with Crippen LogP contribution in [0.5, 0.6) is 0 Å². The zero-order valence-electron chi connectivity index (χ0n) is 11.8. The first-order valence-corrected chi connectivity index (χ1v) is 7.26. The molecule has 3 rings (SSSR count). The second kappa shape index (κ2) is 6.35. The van der Waals surface area contributed by atoms with E-state index in [4.69, 9.17) is 4.84 Å². The molecule has 3 heteroatoms. The summed E-state index contributed by atoms with van der Waals surface area (Å²) in [6, 6.07) is 17.1. The van der Waals surface area contributed by atoms with Crippen molar-refractivity contribution in [2.75, 3.05) is 0 Å². The second-order valence-electron chi connectivity index (χ2n) is 5.15. The van der Waals surface area contributed by atoms with Gasteiger partial charge in [-0.1, -0.05) is 47.6 Å². The second-order valence-corrected chi connectivity index (χ2v) is 5.15. The van der Waals surface area contributed by atoms with Gasteiger partial charge in [0, 0.05) is 5.56 Å². The van der Waals surface area contributed by atoms with Crippen molar-refractivity contribution in [1.82, 2.24) is 0 Å². The topological polar surface area (TPSA) is 38.7 Å². The average molecular weight is 279 g/mol. The third-order valence-corrected chi connectivity index (χ3v) is 3.69. The molecule has 3 nitrogen and oxygen atoms in total. The Kier molecular flexibility index (Phi) is 4.10. The Morgan fingerprint density at radius 2 is 1.62 bits per heavy atom. The number of hydrogen-bond donors (Lipinski definition) is 0. The fourth-order valence-corrected chi connectivity index (χ4v) is 2.58. The molecule has 21 heavy (non-hydrogen) atoms. The summed E-state index contributed by atoms with van der Waals surface area (Å²) in [5, 5.41) is 4.13. The van der Waals surface area contributed by atoms with Crippen LogP contribution in [0, 0.1) is 0 Å². The molecule has 0 unspecified atom stereocenters. The summed E-state index contributed by atoms with van der Waals surface area (Å²) in [4.78, 5) is 17.1. The summed E-state index contributed by atoms with van der Waals surface area (Å²) in [5.41, 5.74) is 3.77. The minimum absolute atomic E-state index is 0.412. The van der Waals surface area contributed by atoms with Crippen molar-refractivity contribution in [3.05, 3.63) is 71.3 Å². The van der Waals surface area contributed by atoms with Crippen LogP contribution in [0.3, 0.4) is 0 Å². The van der Waals surface area contributed by atoms with Crippen molar-refractivity contribution in [3.8, 4) is 0 Å². The molecule has 0 bridgehead atoms. The van der Waals surface area contributed by atoms with Crippen LogP contribution in [-0.4, -0.2) is 11.7 Å². The van der Waals surface area contributed by atoms with Crippen LogP contribution >= 0.6 is 0 Å². The molecule has 1 aliphatic carbocycles. The maximum atomic E-state index is 12.0. The van der Waals surface area contributed by atoms with E-state index in [0.717, 1.165) is 37.0 Å². The zero-order valence-corrected chi connectivity index (χ0v) is 11.8. The number of benzene rings is 2. The van der Waals surface area contributed by atoms with Crippen molar-refractivity contribution in [1.29, 1.82) is 0 Å². The van der Waals surface area contributed by atoms with E-state index in [9.17, 15) is 4.79 Å². The normalized spacial score (nSPS) is 16.1. The van der Waals surface area contributed by atoms with Gasteiger partial charge in [-0.2, -0.15) is 0 Å². The first-order valence-electron chi connectivity index (χ1n) is 7.26. The molecule has 0 atom stereocenters. The number of aryl methyl sites for hydroxylation is 1. The molecule has 106 valence electrons. The maximum Gasteiger partial charge on any atom is 0.365 e. The Hall–Kier alpha value is -2.42. The fourth-order valence-electron chi connectivity index (χ4n) is 2.58. The predicted octanol–water partition coefficient (Wildman–Crippen LogP) is 3.97. The van der Waals surface area contributed by atoms with Gasteiger partial charge in [-0.25, -0.2) is 4.79 Å². The van der Waals surface area contributed by atoms with Gasteiger partial charge in [-0.05, 0) is 43.4 Å². The first-order chi connectivity index (χ1) is 10.3. The average Bonchev–Trinajstić information content (AvgIpc) is 2.76. The molecule has 1 aliphatic rings. The Morgan fingerprint density at radius 1 is 0.905 bits per heavy atom. The number of hydrogen-bond acceptors (Lipinski definition) is 3. The third-order valence-electron chi connectivity index (χ3n) is 3.69. The molecule has 0 N–H and O–H groups in total. The lowest BCUT2D eigenvalue weighted by Crippen LogP contribution is -2.06. The Balaban J connectivity index is 1.82. The van der Waals surface area contributed by atoms with Crippen LogP contribution < -0.4 is 0 Å². The van der Waals surface area contributed by atoms with Crippen LogP contribution in [0.25, 0.3) is 0 Å². The van der Waals surface area contributed by atoms with E-state index in [1.54, 1.807) is 12.1 Å². The molecule has 2 aromatic rings. The predicted molar refractivity (Wildman–Crippen MR) is 82.4 cm³/mol. The summed E-state index contributed by atoms with van der Waals surface area (Å²) < 4.78 is 0. The van der Waals surface area contributed by atoms with Crippen molar-refractivity contribution in [2.45, 2.75) is 25.7 Å². The zero-order chi connectivity index (χ0) is 14.5. The molecule has 0 heterocycles. The van der Waals surface area contributed by atoms with Gasteiger partial charge in [0.2, 0.25) is 0 Å². The van der Waals surface area contributed by atoms with Crippen LogP contribution in [0.2, 0.25) is 0 Å². The largest absolute Gasteiger partial charge is 0.365 e. The smallest absolute Gasteiger partial charge is 0.313 e. The van der Waals surface area contributed by atoms with Gasteiger partial charge < -0.3 is 4.84 Å². The monoisotopic (exact) mass is 279 g/mol. The van der Waals surface area contributed by atoms with Gasteiger partial charge in [0.1, 0.15) is 0 Å². The van der Waals surface area contributed by atoms with Crippen LogP contribution in [0.1, 0.15) is 40.7 Å². The summed E-state index contributed by atoms with van der Waals surface area (Å²) in [6.45, 7) is 0. The molecule has 0 fully saturated rings. The van der Waals surface area contributed by atoms with Gasteiger partial charge in [-0.3, -0.25) is 0 Å². The minimum atomic E-state index is -0.412. The first kappa shape index (κ1) is 13.6. The lowest BCUT2D eigenvalue weighted by molar-refractivity contribution is 0.0515. The van der Waals surface area contributed by atoms with Gasteiger partial charge in [0.25, 0.3) is 0 Å². The van der Waals surface area contributed by atoms with Crippen molar-refractivity contribution < 1.29 is 9.63 Å². The number of nitrogens with zero attached hydrogens (tertiary/aromatic N) is 1. The van der Waals surface area contributed by atoms with Crippen molar-refractivity contribution in [3.63, 3.8) is 0 Å². The molecular formula is C18H17NO2. The van der Waals surface area contributed by atoms with Crippen LogP contribution in [-0.2, 0) is 11.3 Å². The van der Waals surface area contributed by atoms with Gasteiger partial charge in [0.15, 0.2) is 0 Å². The molecule has 0 saturated carbocycles. The van der Waals surface area contributed by atoms with E-state index < -0.39 is 5.97 Å². The molecule has 2 aromatic carbocycles. The van der Waals surface area contributed by atoms with Gasteiger partial charge >= 0.3 is 5.97 Å². The lowest BCUT2D eigenvalue weighted by atomic mass is 10.0. The molecule has 0 amide bonds. The van der Waals surface area contributed by atoms with E-state index in [1.165, 1.54) is 5.56 Å². The van der Waals surface area contributed by atoms with E-state index in [1.807, 2.05) is 30.3 Å². The molecule has 0 aromatic heterocycles. The van der Waals surface area contributed by atoms with Crippen molar-refractivity contribution >= 4 is 11.7 Å². The number of rotatable bonds is 2. The summed E-state index contributed by atoms with van der Waals surface area (Å²) in [5.74, 6) is -0.412. The highest BCUT2D eigenvalue weighted by Gasteiger charge is 2.15. The lowest BCUT2D eigenvalue weighted by Gasteiger charge is -2.06. The fraction of sp³-hybridized carbons (Fsp3) is 0.222. The highest BCUT2D eigenvalue weighted by molar-refractivity contribution is 6.02. The SMILES string of the molecule is O=C(O/N=C1\CCCCc2ccccc21)c1ccccc1.